The van der Waals surface area contributed by atoms with Gasteiger partial charge < -0.3 is 9.47 Å². The lowest BCUT2D eigenvalue weighted by atomic mass is 9.99. The van der Waals surface area contributed by atoms with Crippen molar-refractivity contribution in [2.24, 2.45) is 5.41 Å². The fourth-order valence-electron chi connectivity index (χ4n) is 2.77. The molecular formula is C21H35NO4S. The predicted octanol–water partition coefficient (Wildman–Crippen LogP) is 4.44. The monoisotopic (exact) mass is 397 g/mol. The molecule has 0 saturated heterocycles. The molecular weight excluding hydrogens is 362 g/mol. The van der Waals surface area contributed by atoms with Crippen LogP contribution in [0.5, 0.6) is 5.75 Å². The maximum Gasteiger partial charge on any atom is 0.212 e. The van der Waals surface area contributed by atoms with Gasteiger partial charge in [-0.1, -0.05) is 46.2 Å². The van der Waals surface area contributed by atoms with Crippen LogP contribution in [0.1, 0.15) is 71.4 Å². The number of rotatable bonds is 12. The molecule has 1 N–H and O–H groups in total. The molecule has 154 valence electrons. The van der Waals surface area contributed by atoms with Gasteiger partial charge in [0.2, 0.25) is 10.0 Å². The van der Waals surface area contributed by atoms with Crippen molar-refractivity contribution in [3.63, 3.8) is 0 Å². The molecule has 0 aliphatic heterocycles. The van der Waals surface area contributed by atoms with Crippen LogP contribution in [0.4, 0.5) is 0 Å². The van der Waals surface area contributed by atoms with Crippen molar-refractivity contribution < 1.29 is 17.9 Å². The Morgan fingerprint density at radius 2 is 2.00 bits per heavy atom. The van der Waals surface area contributed by atoms with Gasteiger partial charge in [0.1, 0.15) is 5.75 Å². The van der Waals surface area contributed by atoms with Crippen molar-refractivity contribution in [1.29, 1.82) is 0 Å². The molecule has 1 aliphatic rings. The van der Waals surface area contributed by atoms with Gasteiger partial charge in [-0.2, -0.15) is 0 Å². The predicted molar refractivity (Wildman–Crippen MR) is 110 cm³/mol. The Hall–Kier alpha value is -1.11. The Morgan fingerprint density at radius 3 is 2.63 bits per heavy atom. The summed E-state index contributed by atoms with van der Waals surface area (Å²) in [5.74, 6) is 0.904. The van der Waals surface area contributed by atoms with E-state index in [0.717, 1.165) is 37.0 Å². The summed E-state index contributed by atoms with van der Waals surface area (Å²) in [7, 11) is -3.36. The lowest BCUT2D eigenvalue weighted by Gasteiger charge is -2.20. The molecule has 1 aromatic carbocycles. The summed E-state index contributed by atoms with van der Waals surface area (Å²) in [6.45, 7) is 9.45. The second-order valence-electron chi connectivity index (χ2n) is 8.63. The molecule has 1 fully saturated rings. The van der Waals surface area contributed by atoms with E-state index in [4.69, 9.17) is 9.47 Å². The highest BCUT2D eigenvalue weighted by atomic mass is 32.2. The maximum absolute atomic E-state index is 12.5. The molecule has 0 radical (unpaired) electrons. The van der Waals surface area contributed by atoms with Crippen molar-refractivity contribution in [3.05, 3.63) is 29.8 Å². The van der Waals surface area contributed by atoms with Gasteiger partial charge in [0.05, 0.1) is 18.5 Å². The van der Waals surface area contributed by atoms with Gasteiger partial charge in [0.15, 0.2) is 0 Å². The molecule has 0 spiro atoms. The standard InChI is InChI=1S/C21H35NO4S/c1-5-8-20(17-9-6-10-19(15-17)26-18-11-12-18)22-27(23,24)14-7-13-25-16-21(2,3)4/h6,9-10,15,18,20,22H,5,7-8,11-14,16H2,1-4H3/t20-/m1/s1. The number of ether oxygens (including phenoxy) is 2. The minimum atomic E-state index is -3.36. The van der Waals surface area contributed by atoms with Crippen LogP contribution in [0.25, 0.3) is 0 Å². The molecule has 0 amide bonds. The summed E-state index contributed by atoms with van der Waals surface area (Å²) < 4.78 is 39.4. The van der Waals surface area contributed by atoms with E-state index < -0.39 is 10.0 Å². The normalized spacial score (nSPS) is 16.3. The van der Waals surface area contributed by atoms with Crippen LogP contribution < -0.4 is 9.46 Å². The Bertz CT molecular complexity index is 678. The molecule has 27 heavy (non-hydrogen) atoms. The Balaban J connectivity index is 1.89. The van der Waals surface area contributed by atoms with Crippen LogP contribution in [0.15, 0.2) is 24.3 Å². The van der Waals surface area contributed by atoms with E-state index in [2.05, 4.69) is 32.4 Å². The molecule has 2 rings (SSSR count). The van der Waals surface area contributed by atoms with E-state index in [9.17, 15) is 8.42 Å². The van der Waals surface area contributed by atoms with Crippen LogP contribution in [-0.4, -0.2) is 33.5 Å². The highest BCUT2D eigenvalue weighted by molar-refractivity contribution is 7.89. The van der Waals surface area contributed by atoms with E-state index in [-0.39, 0.29) is 17.2 Å². The van der Waals surface area contributed by atoms with Crippen LogP contribution in [0.2, 0.25) is 0 Å². The first-order valence-electron chi connectivity index (χ1n) is 10.0. The third-order valence-corrected chi connectivity index (χ3v) is 5.69. The highest BCUT2D eigenvalue weighted by Crippen LogP contribution is 2.29. The molecule has 6 heteroatoms. The van der Waals surface area contributed by atoms with Gasteiger partial charge in [0, 0.05) is 12.6 Å². The summed E-state index contributed by atoms with van der Waals surface area (Å²) >= 11 is 0. The van der Waals surface area contributed by atoms with E-state index in [0.29, 0.717) is 25.7 Å². The summed E-state index contributed by atoms with van der Waals surface area (Å²) in [5, 5.41) is 0. The van der Waals surface area contributed by atoms with Gasteiger partial charge in [-0.05, 0) is 48.8 Å². The minimum Gasteiger partial charge on any atom is -0.490 e. The largest absolute Gasteiger partial charge is 0.490 e. The van der Waals surface area contributed by atoms with E-state index in [1.807, 2.05) is 24.3 Å². The van der Waals surface area contributed by atoms with Crippen molar-refractivity contribution in [2.45, 2.75) is 71.9 Å². The molecule has 1 aliphatic carbocycles. The zero-order valence-electron chi connectivity index (χ0n) is 17.2. The lowest BCUT2D eigenvalue weighted by molar-refractivity contribution is 0.0720. The van der Waals surface area contributed by atoms with Gasteiger partial charge in [-0.15, -0.1) is 0 Å². The van der Waals surface area contributed by atoms with E-state index in [1.165, 1.54) is 0 Å². The number of sulfonamides is 1. The van der Waals surface area contributed by atoms with Crippen molar-refractivity contribution >= 4 is 10.0 Å². The summed E-state index contributed by atoms with van der Waals surface area (Å²) in [6, 6.07) is 7.58. The summed E-state index contributed by atoms with van der Waals surface area (Å²) in [5.41, 5.74) is 1.05. The molecule has 0 aromatic heterocycles. The number of nitrogens with one attached hydrogen (secondary N) is 1. The average Bonchev–Trinajstić information content (AvgIpc) is 3.37. The Kier molecular flexibility index (Phi) is 8.13. The third kappa shape index (κ3) is 9.08. The Morgan fingerprint density at radius 1 is 1.26 bits per heavy atom. The van der Waals surface area contributed by atoms with Crippen LogP contribution >= 0.6 is 0 Å². The van der Waals surface area contributed by atoms with Crippen molar-refractivity contribution in [2.75, 3.05) is 19.0 Å². The van der Waals surface area contributed by atoms with E-state index >= 15 is 0 Å². The van der Waals surface area contributed by atoms with Crippen LogP contribution in [0.3, 0.4) is 0 Å². The second-order valence-corrected chi connectivity index (χ2v) is 10.5. The second kappa shape index (κ2) is 9.89. The smallest absolute Gasteiger partial charge is 0.212 e. The number of hydrogen-bond donors (Lipinski definition) is 1. The first kappa shape index (κ1) is 22.2. The highest BCUT2D eigenvalue weighted by Gasteiger charge is 2.24. The lowest BCUT2D eigenvalue weighted by Crippen LogP contribution is -2.31. The molecule has 0 bridgehead atoms. The number of hydrogen-bond acceptors (Lipinski definition) is 4. The zero-order valence-corrected chi connectivity index (χ0v) is 18.0. The van der Waals surface area contributed by atoms with Crippen LogP contribution in [0, 0.1) is 5.41 Å². The molecule has 1 saturated carbocycles. The van der Waals surface area contributed by atoms with Crippen molar-refractivity contribution in [1.82, 2.24) is 4.72 Å². The molecule has 1 atom stereocenters. The van der Waals surface area contributed by atoms with Crippen molar-refractivity contribution in [3.8, 4) is 5.75 Å². The molecule has 0 heterocycles. The van der Waals surface area contributed by atoms with Gasteiger partial charge in [0.25, 0.3) is 0 Å². The third-order valence-electron chi connectivity index (χ3n) is 4.22. The maximum atomic E-state index is 12.5. The molecule has 0 unspecified atom stereocenters. The van der Waals surface area contributed by atoms with Gasteiger partial charge in [-0.3, -0.25) is 0 Å². The van der Waals surface area contributed by atoms with Gasteiger partial charge >= 0.3 is 0 Å². The SMILES string of the molecule is CCC[C@@H](NS(=O)(=O)CCCOCC(C)(C)C)c1cccc(OC2CC2)c1. The minimum absolute atomic E-state index is 0.0790. The fourth-order valence-corrected chi connectivity index (χ4v) is 4.07. The Labute approximate surface area is 164 Å². The molecule has 5 nitrogen and oxygen atoms in total. The topological polar surface area (TPSA) is 64.6 Å². The first-order valence-corrected chi connectivity index (χ1v) is 11.7. The van der Waals surface area contributed by atoms with Crippen LogP contribution in [-0.2, 0) is 14.8 Å². The quantitative estimate of drug-likeness (QED) is 0.530. The summed E-state index contributed by atoms with van der Waals surface area (Å²) in [4.78, 5) is 0. The first-order chi connectivity index (χ1) is 12.7. The van der Waals surface area contributed by atoms with E-state index in [1.54, 1.807) is 0 Å². The average molecular weight is 398 g/mol. The fraction of sp³-hybridized carbons (Fsp3) is 0.714. The molecule has 1 aromatic rings. The summed E-state index contributed by atoms with van der Waals surface area (Å²) in [6.07, 6.45) is 4.69. The van der Waals surface area contributed by atoms with Gasteiger partial charge in [-0.25, -0.2) is 13.1 Å². The zero-order chi connectivity index (χ0) is 19.9. The number of benzene rings is 1.